The number of aromatic amines is 1. The van der Waals surface area contributed by atoms with E-state index in [-0.39, 0.29) is 30.5 Å². The Balaban J connectivity index is 1.41. The molecule has 0 aliphatic rings. The average Bonchev–Trinajstić information content (AvgIpc) is 3.26. The summed E-state index contributed by atoms with van der Waals surface area (Å²) in [5, 5.41) is 13.8. The molecule has 152 valence electrons. The van der Waals surface area contributed by atoms with Crippen molar-refractivity contribution in [2.24, 2.45) is 0 Å². The van der Waals surface area contributed by atoms with Crippen molar-refractivity contribution in [1.82, 2.24) is 10.2 Å². The molecular weight excluding hydrogens is 427 g/mol. The summed E-state index contributed by atoms with van der Waals surface area (Å²) >= 11 is 7.43. The molecule has 0 atom stereocenters. The number of carbonyl (C=O) groups excluding carboxylic acids is 2. The maximum atomic E-state index is 13.0. The van der Waals surface area contributed by atoms with Gasteiger partial charge in [0.1, 0.15) is 16.5 Å². The molecule has 4 rings (SSSR count). The number of aromatic nitrogens is 2. The van der Waals surface area contributed by atoms with Gasteiger partial charge in [-0.3, -0.25) is 14.7 Å². The van der Waals surface area contributed by atoms with Crippen LogP contribution < -0.4 is 10.6 Å². The van der Waals surface area contributed by atoms with Crippen molar-refractivity contribution in [1.29, 1.82) is 0 Å². The van der Waals surface area contributed by atoms with E-state index in [1.807, 2.05) is 6.07 Å². The lowest BCUT2D eigenvalue weighted by atomic mass is 10.1. The first-order valence-electron chi connectivity index (χ1n) is 9.03. The predicted molar refractivity (Wildman–Crippen MR) is 116 cm³/mol. The monoisotopic (exact) mass is 442 g/mol. The molecule has 0 saturated heterocycles. The van der Waals surface area contributed by atoms with Crippen LogP contribution in [0.15, 0.2) is 54.6 Å². The summed E-state index contributed by atoms with van der Waals surface area (Å²) in [6.45, 7) is 0. The van der Waals surface area contributed by atoms with Crippen molar-refractivity contribution in [2.45, 2.75) is 12.8 Å². The van der Waals surface area contributed by atoms with E-state index in [1.54, 1.807) is 36.4 Å². The number of hydrogen-bond donors (Lipinski definition) is 3. The summed E-state index contributed by atoms with van der Waals surface area (Å²) in [5.74, 6) is -0.334. The highest BCUT2D eigenvalue weighted by molar-refractivity contribution is 7.18. The summed E-state index contributed by atoms with van der Waals surface area (Å²) < 4.78 is 13.0. The molecule has 9 heteroatoms. The molecule has 0 saturated carbocycles. The number of halogens is 2. The fraction of sp³-hybridized carbons (Fsp3) is 0.0952. The van der Waals surface area contributed by atoms with Crippen LogP contribution in [0.25, 0.3) is 10.2 Å². The van der Waals surface area contributed by atoms with Crippen LogP contribution in [0, 0.1) is 5.82 Å². The van der Waals surface area contributed by atoms with Gasteiger partial charge < -0.3 is 10.6 Å². The largest absolute Gasteiger partial charge is 0.324 e. The van der Waals surface area contributed by atoms with Gasteiger partial charge in [-0.2, -0.15) is 5.10 Å². The molecule has 0 radical (unpaired) electrons. The molecule has 3 N–H and O–H groups in total. The number of rotatable bonds is 6. The summed E-state index contributed by atoms with van der Waals surface area (Å²) in [7, 11) is 0. The number of anilines is 2. The second kappa shape index (κ2) is 8.64. The van der Waals surface area contributed by atoms with Gasteiger partial charge in [0, 0.05) is 4.88 Å². The quantitative estimate of drug-likeness (QED) is 0.401. The minimum absolute atomic E-state index is 0.109. The lowest BCUT2D eigenvalue weighted by molar-refractivity contribution is -0.116. The van der Waals surface area contributed by atoms with Gasteiger partial charge in [-0.25, -0.2) is 4.39 Å². The van der Waals surface area contributed by atoms with Crippen LogP contribution in [0.3, 0.4) is 0 Å². The number of H-pyrrole nitrogens is 1. The second-order valence-electron chi connectivity index (χ2n) is 6.59. The summed E-state index contributed by atoms with van der Waals surface area (Å²) in [5.41, 5.74) is 1.26. The van der Waals surface area contributed by atoms with Crippen molar-refractivity contribution in [3.63, 3.8) is 0 Å². The van der Waals surface area contributed by atoms with E-state index >= 15 is 0 Å². The smallest absolute Gasteiger partial charge is 0.229 e. The van der Waals surface area contributed by atoms with Crippen LogP contribution >= 0.6 is 22.9 Å². The number of amides is 2. The number of nitrogens with one attached hydrogen (secondary N) is 3. The third-order valence-electron chi connectivity index (χ3n) is 4.33. The zero-order valence-electron chi connectivity index (χ0n) is 15.5. The number of hydrogen-bond acceptors (Lipinski definition) is 4. The molecule has 2 aromatic heterocycles. The van der Waals surface area contributed by atoms with Crippen LogP contribution in [-0.2, 0) is 22.4 Å². The highest BCUT2D eigenvalue weighted by atomic mass is 35.5. The highest BCUT2D eigenvalue weighted by Gasteiger charge is 2.15. The first kappa shape index (κ1) is 20.1. The van der Waals surface area contributed by atoms with Gasteiger partial charge in [0.15, 0.2) is 0 Å². The average molecular weight is 443 g/mol. The molecule has 0 bridgehead atoms. The van der Waals surface area contributed by atoms with Crippen LogP contribution in [0.4, 0.5) is 15.9 Å². The van der Waals surface area contributed by atoms with Crippen LogP contribution in [0.2, 0.25) is 5.02 Å². The van der Waals surface area contributed by atoms with E-state index in [0.29, 0.717) is 26.9 Å². The van der Waals surface area contributed by atoms with Gasteiger partial charge in [0.2, 0.25) is 11.8 Å². The van der Waals surface area contributed by atoms with Gasteiger partial charge >= 0.3 is 0 Å². The minimum Gasteiger partial charge on any atom is -0.324 e. The number of para-hydroxylation sites is 1. The molecule has 6 nitrogen and oxygen atoms in total. The first-order valence-corrected chi connectivity index (χ1v) is 10.2. The maximum absolute atomic E-state index is 13.0. The van der Waals surface area contributed by atoms with E-state index < -0.39 is 0 Å². The van der Waals surface area contributed by atoms with E-state index in [0.717, 1.165) is 10.3 Å². The zero-order chi connectivity index (χ0) is 21.1. The van der Waals surface area contributed by atoms with E-state index in [1.165, 1.54) is 23.5 Å². The van der Waals surface area contributed by atoms with Crippen molar-refractivity contribution >= 4 is 56.5 Å². The fourth-order valence-electron chi connectivity index (χ4n) is 2.93. The summed E-state index contributed by atoms with van der Waals surface area (Å²) in [6, 6.07) is 14.6. The fourth-order valence-corrected chi connectivity index (χ4v) is 4.10. The Morgan fingerprint density at radius 3 is 2.53 bits per heavy atom. The third-order valence-corrected chi connectivity index (χ3v) is 5.69. The standard InChI is InChI=1S/C21H16ClFN4O2S/c22-16-3-1-2-4-17(16)24-19(29)11-14-10-15-20(26-27-21(15)30-14)25-18(28)9-12-5-7-13(23)8-6-12/h1-8,10H,9,11H2,(H,24,29)(H2,25,26,27,28). The number of benzene rings is 2. The van der Waals surface area contributed by atoms with Crippen molar-refractivity contribution in [2.75, 3.05) is 10.6 Å². The van der Waals surface area contributed by atoms with Crippen LogP contribution in [0.1, 0.15) is 10.4 Å². The highest BCUT2D eigenvalue weighted by Crippen LogP contribution is 2.30. The maximum Gasteiger partial charge on any atom is 0.229 e. The Morgan fingerprint density at radius 2 is 1.77 bits per heavy atom. The molecule has 0 aliphatic heterocycles. The molecule has 0 aliphatic carbocycles. The molecule has 0 fully saturated rings. The number of thiophene rings is 1. The van der Waals surface area contributed by atoms with Crippen LogP contribution in [-0.4, -0.2) is 22.0 Å². The van der Waals surface area contributed by atoms with Gasteiger partial charge in [-0.1, -0.05) is 35.9 Å². The molecule has 30 heavy (non-hydrogen) atoms. The number of nitrogens with zero attached hydrogens (tertiary/aromatic N) is 1. The van der Waals surface area contributed by atoms with Crippen molar-refractivity contribution in [3.8, 4) is 0 Å². The molecule has 0 spiro atoms. The minimum atomic E-state index is -0.348. The molecule has 2 aromatic carbocycles. The first-order chi connectivity index (χ1) is 14.5. The van der Waals surface area contributed by atoms with E-state index in [2.05, 4.69) is 20.8 Å². The van der Waals surface area contributed by atoms with Crippen molar-refractivity contribution < 1.29 is 14.0 Å². The Labute approximate surface area is 180 Å². The molecule has 0 unspecified atom stereocenters. The van der Waals surface area contributed by atoms with Gasteiger partial charge in [0.05, 0.1) is 28.9 Å². The topological polar surface area (TPSA) is 86.9 Å². The Hall–Kier alpha value is -3.23. The van der Waals surface area contributed by atoms with E-state index in [9.17, 15) is 14.0 Å². The molecule has 2 heterocycles. The number of carbonyl (C=O) groups is 2. The molecule has 2 amide bonds. The molecular formula is C21H16ClFN4O2S. The van der Waals surface area contributed by atoms with Crippen molar-refractivity contribution in [3.05, 3.63) is 75.9 Å². The van der Waals surface area contributed by atoms with Crippen LogP contribution in [0.5, 0.6) is 0 Å². The zero-order valence-corrected chi connectivity index (χ0v) is 17.1. The van der Waals surface area contributed by atoms with E-state index in [4.69, 9.17) is 11.6 Å². The Morgan fingerprint density at radius 1 is 1.03 bits per heavy atom. The Bertz CT molecular complexity index is 1220. The third kappa shape index (κ3) is 4.67. The lowest BCUT2D eigenvalue weighted by Crippen LogP contribution is -2.15. The van der Waals surface area contributed by atoms with Gasteiger partial charge in [0.25, 0.3) is 0 Å². The summed E-state index contributed by atoms with van der Waals surface area (Å²) in [6.07, 6.45) is 0.271. The second-order valence-corrected chi connectivity index (χ2v) is 8.11. The SMILES string of the molecule is O=C(Cc1cc2c(NC(=O)Cc3ccc(F)cc3)[nH]nc2s1)Nc1ccccc1Cl. The van der Waals surface area contributed by atoms with Gasteiger partial charge in [-0.15, -0.1) is 11.3 Å². The predicted octanol–water partition coefficient (Wildman–Crippen LogP) is 4.78. The Kier molecular flexibility index (Phi) is 5.78. The molecule has 4 aromatic rings. The lowest BCUT2D eigenvalue weighted by Gasteiger charge is -2.05. The van der Waals surface area contributed by atoms with Gasteiger partial charge in [-0.05, 0) is 35.9 Å². The number of fused-ring (bicyclic) bond motifs is 1. The normalized spacial score (nSPS) is 10.9. The summed E-state index contributed by atoms with van der Waals surface area (Å²) in [4.78, 5) is 26.1.